The van der Waals surface area contributed by atoms with E-state index in [1.54, 1.807) is 0 Å². The topological polar surface area (TPSA) is 141 Å². The Kier molecular flexibility index (Phi) is 15.7. The van der Waals surface area contributed by atoms with Crippen LogP contribution in [-0.4, -0.2) is 130 Å². The van der Waals surface area contributed by atoms with Gasteiger partial charge < -0.3 is 53.3 Å². The maximum atomic E-state index is 14.3. The fourth-order valence-electron chi connectivity index (χ4n) is 6.65. The molecule has 3 aliphatic heterocycles. The Balaban J connectivity index is 1.46. The number of rotatable bonds is 6. The number of carbonyl (C=O) groups is 2. The number of fused-ring (bicyclic) bond motifs is 2. The molecule has 0 aliphatic carbocycles. The summed E-state index contributed by atoms with van der Waals surface area (Å²) in [5.74, 6) is 0.218. The second-order valence-corrected chi connectivity index (χ2v) is 17.0. The van der Waals surface area contributed by atoms with Crippen LogP contribution in [0.3, 0.4) is 0 Å². The minimum Gasteiger partial charge on any atom is -0.455 e. The molecule has 5 rings (SSSR count). The highest BCUT2D eigenvalue weighted by Gasteiger charge is 2.41. The summed E-state index contributed by atoms with van der Waals surface area (Å²) in [6.45, 7) is 23.2. The van der Waals surface area contributed by atoms with Crippen LogP contribution in [-0.2, 0) is 54.1 Å². The van der Waals surface area contributed by atoms with Gasteiger partial charge in [-0.2, -0.15) is 0 Å². The molecule has 13 heteroatoms. The van der Waals surface area contributed by atoms with Crippen LogP contribution >= 0.6 is 0 Å². The maximum Gasteiger partial charge on any atom is 0.255 e. The molecule has 2 N–H and O–H groups in total. The van der Waals surface area contributed by atoms with Crippen LogP contribution in [0.1, 0.15) is 98.4 Å². The van der Waals surface area contributed by atoms with E-state index in [0.29, 0.717) is 102 Å². The quantitative estimate of drug-likeness (QED) is 0.406. The lowest BCUT2D eigenvalue weighted by Gasteiger charge is -2.38. The van der Waals surface area contributed by atoms with E-state index in [2.05, 4.69) is 78.2 Å². The zero-order valence-electron chi connectivity index (χ0n) is 34.8. The van der Waals surface area contributed by atoms with Gasteiger partial charge in [-0.15, -0.1) is 0 Å². The summed E-state index contributed by atoms with van der Waals surface area (Å²) < 4.78 is 52.8. The third kappa shape index (κ3) is 12.0. The SMILES string of the molecule is CC(C)(C)c1cc(C(=O)NCC2COCCOCCOCCO2)c2c(c1)C(C)(C)c1cc(C(C)(C)C)cc(C(=O)NCC3COCCOCCOCCO3)c1O2. The first-order valence-corrected chi connectivity index (χ1v) is 20.0. The van der Waals surface area contributed by atoms with Crippen molar-refractivity contribution in [2.45, 2.75) is 83.8 Å². The number of hydrogen-bond donors (Lipinski definition) is 2. The highest BCUT2D eigenvalue weighted by molar-refractivity contribution is 6.00. The van der Waals surface area contributed by atoms with Crippen molar-refractivity contribution in [3.63, 3.8) is 0 Å². The minimum atomic E-state index is -0.644. The van der Waals surface area contributed by atoms with Gasteiger partial charge in [-0.25, -0.2) is 0 Å². The molecule has 56 heavy (non-hydrogen) atoms. The number of amides is 2. The van der Waals surface area contributed by atoms with Crippen molar-refractivity contribution in [3.05, 3.63) is 57.6 Å². The molecule has 13 nitrogen and oxygen atoms in total. The normalized spacial score (nSPS) is 22.0. The van der Waals surface area contributed by atoms with Crippen LogP contribution in [0.5, 0.6) is 11.5 Å². The molecule has 3 heterocycles. The van der Waals surface area contributed by atoms with E-state index in [4.69, 9.17) is 42.6 Å². The number of hydrogen-bond acceptors (Lipinski definition) is 11. The molecule has 312 valence electrons. The number of ether oxygens (including phenoxy) is 9. The first-order valence-electron chi connectivity index (χ1n) is 20.0. The van der Waals surface area contributed by atoms with E-state index in [-0.39, 0.29) is 48.9 Å². The van der Waals surface area contributed by atoms with Crippen LogP contribution in [0.15, 0.2) is 24.3 Å². The molecule has 2 aromatic carbocycles. The highest BCUT2D eigenvalue weighted by atomic mass is 16.6. The molecule has 2 unspecified atom stereocenters. The van der Waals surface area contributed by atoms with Crippen molar-refractivity contribution >= 4 is 11.8 Å². The van der Waals surface area contributed by atoms with Crippen LogP contribution < -0.4 is 15.4 Å². The Labute approximate surface area is 332 Å². The van der Waals surface area contributed by atoms with E-state index < -0.39 is 17.6 Å². The van der Waals surface area contributed by atoms with Crippen molar-refractivity contribution in [2.75, 3.05) is 106 Å². The average molecular weight is 785 g/mol. The molecule has 0 saturated carbocycles. The largest absolute Gasteiger partial charge is 0.455 e. The van der Waals surface area contributed by atoms with Crippen molar-refractivity contribution < 1.29 is 52.2 Å². The zero-order valence-corrected chi connectivity index (χ0v) is 34.8. The molecule has 2 fully saturated rings. The molecule has 2 amide bonds. The van der Waals surface area contributed by atoms with Crippen LogP contribution in [0.2, 0.25) is 0 Å². The third-order valence-corrected chi connectivity index (χ3v) is 10.2. The predicted molar refractivity (Wildman–Crippen MR) is 212 cm³/mol. The van der Waals surface area contributed by atoms with Gasteiger partial charge in [-0.1, -0.05) is 67.5 Å². The van der Waals surface area contributed by atoms with Gasteiger partial charge in [-0.05, 0) is 34.1 Å². The maximum absolute atomic E-state index is 14.3. The van der Waals surface area contributed by atoms with E-state index in [9.17, 15) is 9.59 Å². The van der Waals surface area contributed by atoms with Gasteiger partial charge in [0.05, 0.1) is 116 Å². The number of benzene rings is 2. The molecule has 0 aromatic heterocycles. The molecule has 2 aromatic rings. The predicted octanol–water partition coefficient (Wildman–Crippen LogP) is 5.07. The Morgan fingerprint density at radius 1 is 0.554 bits per heavy atom. The van der Waals surface area contributed by atoms with Crippen LogP contribution in [0, 0.1) is 0 Å². The van der Waals surface area contributed by atoms with Gasteiger partial charge in [0, 0.05) is 29.6 Å². The minimum absolute atomic E-state index is 0.211. The average Bonchev–Trinajstić information content (AvgIpc) is 3.13. The third-order valence-electron chi connectivity index (χ3n) is 10.2. The van der Waals surface area contributed by atoms with Crippen LogP contribution in [0.4, 0.5) is 0 Å². The highest BCUT2D eigenvalue weighted by Crippen LogP contribution is 2.52. The summed E-state index contributed by atoms with van der Waals surface area (Å²) in [5, 5.41) is 6.18. The summed E-state index contributed by atoms with van der Waals surface area (Å²) in [6.07, 6.45) is -0.799. The summed E-state index contributed by atoms with van der Waals surface area (Å²) >= 11 is 0. The Morgan fingerprint density at radius 2 is 0.893 bits per heavy atom. The smallest absolute Gasteiger partial charge is 0.255 e. The summed E-state index contributed by atoms with van der Waals surface area (Å²) in [7, 11) is 0. The fourth-order valence-corrected chi connectivity index (χ4v) is 6.65. The Hall–Kier alpha value is -3.14. The van der Waals surface area contributed by atoms with E-state index >= 15 is 0 Å². The summed E-state index contributed by atoms with van der Waals surface area (Å²) in [5.41, 5.74) is 3.29. The van der Waals surface area contributed by atoms with Crippen molar-refractivity contribution in [2.24, 2.45) is 0 Å². The standard InChI is InChI=1S/C43H64N2O11/c1-41(2,3)29-21-33(39(46)44-25-31-27-52-15-13-48-9-11-50-17-19-54-31)37-35(23-29)43(7,8)36-24-30(42(4,5)6)22-34(38(36)56-37)40(47)45-26-32-28-53-16-14-49-10-12-51-18-20-55-32/h21-24,31-32H,9-20,25-28H2,1-8H3,(H,44,46)(H,45,47). The number of carbonyl (C=O) groups excluding carboxylic acids is 2. The zero-order chi connectivity index (χ0) is 40.3. The summed E-state index contributed by atoms with van der Waals surface area (Å²) in [4.78, 5) is 28.6. The van der Waals surface area contributed by atoms with Crippen LogP contribution in [0.25, 0.3) is 0 Å². The molecular formula is C43H64N2O11. The molecule has 0 radical (unpaired) electrons. The van der Waals surface area contributed by atoms with E-state index in [1.165, 1.54) is 0 Å². The van der Waals surface area contributed by atoms with Gasteiger partial charge in [0.2, 0.25) is 0 Å². The molecule has 2 atom stereocenters. The lowest BCUT2D eigenvalue weighted by atomic mass is 9.70. The first-order chi connectivity index (χ1) is 26.7. The van der Waals surface area contributed by atoms with Gasteiger partial charge in [0.1, 0.15) is 11.5 Å². The van der Waals surface area contributed by atoms with Gasteiger partial charge in [-0.3, -0.25) is 9.59 Å². The molecule has 0 spiro atoms. The first kappa shape index (κ1) is 44.0. The van der Waals surface area contributed by atoms with Gasteiger partial charge in [0.15, 0.2) is 0 Å². The fraction of sp³-hybridized carbons (Fsp3) is 0.674. The molecular weight excluding hydrogens is 720 g/mol. The lowest BCUT2D eigenvalue weighted by molar-refractivity contribution is -0.0650. The van der Waals surface area contributed by atoms with Crippen molar-refractivity contribution in [1.82, 2.24) is 10.6 Å². The summed E-state index contributed by atoms with van der Waals surface area (Å²) in [6, 6.07) is 8.08. The lowest BCUT2D eigenvalue weighted by Crippen LogP contribution is -2.39. The van der Waals surface area contributed by atoms with Gasteiger partial charge >= 0.3 is 0 Å². The van der Waals surface area contributed by atoms with Crippen molar-refractivity contribution in [1.29, 1.82) is 0 Å². The second-order valence-electron chi connectivity index (χ2n) is 17.0. The monoisotopic (exact) mass is 784 g/mol. The number of nitrogens with one attached hydrogen (secondary N) is 2. The van der Waals surface area contributed by atoms with E-state index in [0.717, 1.165) is 22.3 Å². The molecule has 2 saturated heterocycles. The second kappa shape index (κ2) is 20.0. The van der Waals surface area contributed by atoms with Crippen molar-refractivity contribution in [3.8, 4) is 11.5 Å². The van der Waals surface area contributed by atoms with Gasteiger partial charge in [0.25, 0.3) is 11.8 Å². The molecule has 0 bridgehead atoms. The Morgan fingerprint density at radius 3 is 1.25 bits per heavy atom. The molecule has 3 aliphatic rings. The van der Waals surface area contributed by atoms with E-state index in [1.807, 2.05) is 12.1 Å². The Bertz CT molecular complexity index is 1470.